The lowest BCUT2D eigenvalue weighted by molar-refractivity contribution is -0.385. The summed E-state index contributed by atoms with van der Waals surface area (Å²) in [4.78, 5) is 12.6. The fourth-order valence-corrected chi connectivity index (χ4v) is 3.20. The fraction of sp³-hybridized carbons (Fsp3) is 0.400. The number of nitrogens with zero attached hydrogens (tertiary/aromatic N) is 4. The van der Waals surface area contributed by atoms with Gasteiger partial charge in [0.2, 0.25) is 6.79 Å². The zero-order chi connectivity index (χ0) is 15.8. The molecule has 8 nitrogen and oxygen atoms in total. The Hall–Kier alpha value is -2.61. The second-order valence-electron chi connectivity index (χ2n) is 5.72. The molecule has 0 N–H and O–H groups in total. The van der Waals surface area contributed by atoms with E-state index in [9.17, 15) is 10.1 Å². The molecule has 23 heavy (non-hydrogen) atoms. The Morgan fingerprint density at radius 1 is 1.35 bits per heavy atom. The van der Waals surface area contributed by atoms with Crippen LogP contribution in [0.15, 0.2) is 30.6 Å². The maximum atomic E-state index is 10.8. The molecule has 2 aliphatic rings. The number of hydrogen-bond donors (Lipinski definition) is 0. The molecule has 0 saturated carbocycles. The second kappa shape index (κ2) is 5.54. The molecule has 120 valence electrons. The Kier molecular flexibility index (Phi) is 3.38. The van der Waals surface area contributed by atoms with E-state index in [1.807, 2.05) is 12.1 Å². The van der Waals surface area contributed by atoms with E-state index in [4.69, 9.17) is 9.47 Å². The molecule has 0 amide bonds. The number of nitro groups is 1. The molecule has 0 unspecified atom stereocenters. The lowest BCUT2D eigenvalue weighted by atomic mass is 10.0. The van der Waals surface area contributed by atoms with Crippen molar-refractivity contribution in [2.75, 3.05) is 13.3 Å². The van der Waals surface area contributed by atoms with Crippen LogP contribution in [0, 0.1) is 10.1 Å². The average Bonchev–Trinajstić information content (AvgIpc) is 3.27. The predicted octanol–water partition coefficient (Wildman–Crippen LogP) is 2.31. The summed E-state index contributed by atoms with van der Waals surface area (Å²) in [5, 5.41) is 14.8. The molecule has 0 radical (unpaired) electrons. The monoisotopic (exact) mass is 316 g/mol. The third-order valence-electron chi connectivity index (χ3n) is 4.30. The number of hydrogen-bond acceptors (Lipinski definition) is 6. The van der Waals surface area contributed by atoms with Crippen molar-refractivity contribution in [1.82, 2.24) is 14.7 Å². The van der Waals surface area contributed by atoms with Crippen molar-refractivity contribution in [1.29, 1.82) is 0 Å². The van der Waals surface area contributed by atoms with Crippen molar-refractivity contribution < 1.29 is 14.4 Å². The van der Waals surface area contributed by atoms with Crippen LogP contribution in [0.3, 0.4) is 0 Å². The maximum Gasteiger partial charge on any atom is 0.307 e. The van der Waals surface area contributed by atoms with Gasteiger partial charge in [-0.2, -0.15) is 5.10 Å². The minimum absolute atomic E-state index is 0.0174. The normalized spacial score (nSPS) is 20.1. The molecule has 0 aliphatic carbocycles. The van der Waals surface area contributed by atoms with Gasteiger partial charge in [0.25, 0.3) is 0 Å². The van der Waals surface area contributed by atoms with Gasteiger partial charge in [-0.05, 0) is 30.5 Å². The Labute approximate surface area is 132 Å². The first-order chi connectivity index (χ1) is 11.2. The minimum atomic E-state index is -0.428. The van der Waals surface area contributed by atoms with E-state index in [1.165, 1.54) is 18.0 Å². The number of benzene rings is 1. The summed E-state index contributed by atoms with van der Waals surface area (Å²) < 4.78 is 12.4. The van der Waals surface area contributed by atoms with Gasteiger partial charge in [0.1, 0.15) is 12.4 Å². The van der Waals surface area contributed by atoms with Crippen LogP contribution in [0.2, 0.25) is 0 Å². The molecule has 0 bridgehead atoms. The summed E-state index contributed by atoms with van der Waals surface area (Å²) >= 11 is 0. The summed E-state index contributed by atoms with van der Waals surface area (Å²) in [6, 6.07) is 6.28. The van der Waals surface area contributed by atoms with Gasteiger partial charge in [-0.1, -0.05) is 6.07 Å². The third kappa shape index (κ3) is 2.61. The van der Waals surface area contributed by atoms with Gasteiger partial charge in [0, 0.05) is 12.6 Å². The summed E-state index contributed by atoms with van der Waals surface area (Å²) in [7, 11) is 0. The number of rotatable bonds is 4. The van der Waals surface area contributed by atoms with Gasteiger partial charge < -0.3 is 9.47 Å². The first-order valence-corrected chi connectivity index (χ1v) is 7.51. The average molecular weight is 316 g/mol. The maximum absolute atomic E-state index is 10.8. The van der Waals surface area contributed by atoms with Crippen LogP contribution >= 0.6 is 0 Å². The quantitative estimate of drug-likeness (QED) is 0.636. The van der Waals surface area contributed by atoms with Crippen molar-refractivity contribution in [2.45, 2.75) is 25.6 Å². The Bertz CT molecular complexity index is 745. The smallest absolute Gasteiger partial charge is 0.307 e. The van der Waals surface area contributed by atoms with Crippen LogP contribution in [-0.4, -0.2) is 32.9 Å². The highest BCUT2D eigenvalue weighted by Gasteiger charge is 2.28. The number of ether oxygens (including phenoxy) is 2. The summed E-state index contributed by atoms with van der Waals surface area (Å²) in [6.07, 6.45) is 4.88. The van der Waals surface area contributed by atoms with Gasteiger partial charge in [-0.15, -0.1) is 0 Å². The Balaban J connectivity index is 1.53. The van der Waals surface area contributed by atoms with Crippen molar-refractivity contribution in [3.63, 3.8) is 0 Å². The molecule has 3 heterocycles. The molecule has 1 aromatic carbocycles. The number of aromatic nitrogens is 2. The highest BCUT2D eigenvalue weighted by Crippen LogP contribution is 2.39. The molecule has 4 rings (SSSR count). The zero-order valence-electron chi connectivity index (χ0n) is 12.4. The fourth-order valence-electron chi connectivity index (χ4n) is 3.20. The van der Waals surface area contributed by atoms with Gasteiger partial charge in [0.05, 0.1) is 11.6 Å². The molecule has 2 aliphatic heterocycles. The molecule has 0 spiro atoms. The van der Waals surface area contributed by atoms with Gasteiger partial charge >= 0.3 is 5.69 Å². The topological polar surface area (TPSA) is 82.7 Å². The lowest BCUT2D eigenvalue weighted by Crippen LogP contribution is -2.26. The van der Waals surface area contributed by atoms with Crippen LogP contribution < -0.4 is 9.47 Å². The largest absolute Gasteiger partial charge is 0.454 e. The second-order valence-corrected chi connectivity index (χ2v) is 5.72. The van der Waals surface area contributed by atoms with Crippen molar-refractivity contribution in [3.05, 3.63) is 46.3 Å². The highest BCUT2D eigenvalue weighted by atomic mass is 16.7. The number of likely N-dealkylation sites (tertiary alicyclic amines) is 1. The first-order valence-electron chi connectivity index (χ1n) is 7.51. The van der Waals surface area contributed by atoms with Gasteiger partial charge in [-0.25, -0.2) is 0 Å². The van der Waals surface area contributed by atoms with E-state index < -0.39 is 4.92 Å². The van der Waals surface area contributed by atoms with Crippen molar-refractivity contribution >= 4 is 5.69 Å². The van der Waals surface area contributed by atoms with E-state index in [0.717, 1.165) is 30.9 Å². The van der Waals surface area contributed by atoms with Crippen molar-refractivity contribution in [3.8, 4) is 11.5 Å². The van der Waals surface area contributed by atoms with Crippen molar-refractivity contribution in [2.24, 2.45) is 0 Å². The van der Waals surface area contributed by atoms with E-state index in [1.54, 1.807) is 4.68 Å². The lowest BCUT2D eigenvalue weighted by Gasteiger charge is -2.24. The zero-order valence-corrected chi connectivity index (χ0v) is 12.4. The molecule has 1 saturated heterocycles. The predicted molar refractivity (Wildman–Crippen MR) is 80.1 cm³/mol. The third-order valence-corrected chi connectivity index (χ3v) is 4.30. The van der Waals surface area contributed by atoms with E-state index in [0.29, 0.717) is 6.67 Å². The summed E-state index contributed by atoms with van der Waals surface area (Å²) in [6.45, 7) is 1.74. The van der Waals surface area contributed by atoms with Gasteiger partial charge in [0.15, 0.2) is 11.5 Å². The SMILES string of the molecule is O=[N+]([O-])c1cnn(CN2CCC[C@@H]2c2ccc3c(c2)OCO3)c1. The molecule has 2 aromatic rings. The molecular formula is C15H16N4O4. The molecule has 1 aromatic heterocycles. The molecule has 1 fully saturated rings. The molecule has 1 atom stereocenters. The van der Waals surface area contributed by atoms with Crippen LogP contribution in [0.4, 0.5) is 5.69 Å². The van der Waals surface area contributed by atoms with E-state index >= 15 is 0 Å². The summed E-state index contributed by atoms with van der Waals surface area (Å²) in [5.41, 5.74) is 1.19. The summed E-state index contributed by atoms with van der Waals surface area (Å²) in [5.74, 6) is 1.56. The highest BCUT2D eigenvalue weighted by molar-refractivity contribution is 5.45. The van der Waals surface area contributed by atoms with Crippen LogP contribution in [-0.2, 0) is 6.67 Å². The Morgan fingerprint density at radius 2 is 2.22 bits per heavy atom. The van der Waals surface area contributed by atoms with E-state index in [2.05, 4.69) is 16.1 Å². The molecular weight excluding hydrogens is 300 g/mol. The Morgan fingerprint density at radius 3 is 3.04 bits per heavy atom. The van der Waals surface area contributed by atoms with Gasteiger partial charge in [-0.3, -0.25) is 19.7 Å². The van der Waals surface area contributed by atoms with Crippen LogP contribution in [0.1, 0.15) is 24.4 Å². The molecule has 8 heteroatoms. The minimum Gasteiger partial charge on any atom is -0.454 e. The van der Waals surface area contributed by atoms with Crippen LogP contribution in [0.5, 0.6) is 11.5 Å². The number of fused-ring (bicyclic) bond motifs is 1. The van der Waals surface area contributed by atoms with Crippen LogP contribution in [0.25, 0.3) is 0 Å². The standard InChI is InChI=1S/C15H16N4O4/c20-19(21)12-7-16-18(8-12)9-17-5-1-2-13(17)11-3-4-14-15(6-11)23-10-22-14/h3-4,6-8,13H,1-2,5,9-10H2/t13-/m1/s1. The van der Waals surface area contributed by atoms with E-state index in [-0.39, 0.29) is 18.5 Å². The first kappa shape index (κ1) is 14.0.